The minimum Gasteiger partial charge on any atom is -0.442 e. The summed E-state index contributed by atoms with van der Waals surface area (Å²) in [5, 5.41) is 10.5. The summed E-state index contributed by atoms with van der Waals surface area (Å²) in [5.74, 6) is 0.471. The van der Waals surface area contributed by atoms with Crippen molar-refractivity contribution in [1.82, 2.24) is 9.27 Å². The van der Waals surface area contributed by atoms with Gasteiger partial charge in [0.2, 0.25) is 5.06 Å². The Morgan fingerprint density at radius 3 is 2.57 bits per heavy atom. The highest BCUT2D eigenvalue weighted by Gasteiger charge is 2.18. The van der Waals surface area contributed by atoms with Crippen molar-refractivity contribution in [2.24, 2.45) is 4.99 Å². The average molecular weight is 411 g/mol. The van der Waals surface area contributed by atoms with E-state index in [2.05, 4.69) is 15.4 Å². The van der Waals surface area contributed by atoms with Gasteiger partial charge in [0.15, 0.2) is 0 Å². The summed E-state index contributed by atoms with van der Waals surface area (Å²) in [6, 6.07) is 13.6. The van der Waals surface area contributed by atoms with E-state index in [1.54, 1.807) is 12.4 Å². The molecule has 142 valence electrons. The largest absolute Gasteiger partial charge is 0.442 e. The molecule has 0 saturated carbocycles. The van der Waals surface area contributed by atoms with E-state index in [4.69, 9.17) is 16.3 Å². The first kappa shape index (κ1) is 19.9. The monoisotopic (exact) mass is 410 g/mol. The van der Waals surface area contributed by atoms with E-state index < -0.39 is 0 Å². The minimum absolute atomic E-state index is 0.400. The third-order valence-electron chi connectivity index (χ3n) is 3.98. The molecule has 3 aromatic rings. The van der Waals surface area contributed by atoms with Crippen LogP contribution >= 0.6 is 23.1 Å². The maximum atomic E-state index is 9.65. The maximum Gasteiger partial charge on any atom is 0.218 e. The van der Waals surface area contributed by atoms with E-state index in [0.29, 0.717) is 27.1 Å². The number of nitriles is 1. The molecule has 0 spiro atoms. The van der Waals surface area contributed by atoms with Crippen LogP contribution in [0.5, 0.6) is 10.8 Å². The summed E-state index contributed by atoms with van der Waals surface area (Å²) in [7, 11) is 3.80. The van der Waals surface area contributed by atoms with Gasteiger partial charge in [-0.2, -0.15) is 9.64 Å². The van der Waals surface area contributed by atoms with E-state index >= 15 is 0 Å². The average Bonchev–Trinajstić information content (AvgIpc) is 3.06. The second-order valence-electron chi connectivity index (χ2n) is 6.55. The van der Waals surface area contributed by atoms with Crippen LogP contribution in [0, 0.1) is 25.2 Å². The molecular formula is C21H19ClN4OS. The molecule has 1 aromatic heterocycles. The van der Waals surface area contributed by atoms with Gasteiger partial charge in [-0.3, -0.25) is 0 Å². The Kier molecular flexibility index (Phi) is 5.98. The van der Waals surface area contributed by atoms with Gasteiger partial charge in [0, 0.05) is 31.2 Å². The van der Waals surface area contributed by atoms with E-state index in [0.717, 1.165) is 33.9 Å². The summed E-state index contributed by atoms with van der Waals surface area (Å²) in [4.78, 5) is 6.25. The fourth-order valence-corrected chi connectivity index (χ4v) is 3.42. The predicted octanol–water partition coefficient (Wildman–Crippen LogP) is 5.97. The van der Waals surface area contributed by atoms with Gasteiger partial charge in [0.25, 0.3) is 0 Å². The molecule has 0 bridgehead atoms. The lowest BCUT2D eigenvalue weighted by Gasteiger charge is -2.10. The summed E-state index contributed by atoms with van der Waals surface area (Å²) in [5.41, 5.74) is 4.72. The number of aliphatic imine (C=N–C) groups is 1. The number of hydrogen-bond donors (Lipinski definition) is 0. The van der Waals surface area contributed by atoms with E-state index in [9.17, 15) is 5.26 Å². The van der Waals surface area contributed by atoms with E-state index in [1.165, 1.54) is 0 Å². The van der Waals surface area contributed by atoms with Crippen molar-refractivity contribution in [2.45, 2.75) is 13.8 Å². The fourth-order valence-electron chi connectivity index (χ4n) is 2.49. The highest BCUT2D eigenvalue weighted by molar-refractivity contribution is 7.08. The molecule has 28 heavy (non-hydrogen) atoms. The summed E-state index contributed by atoms with van der Waals surface area (Å²) >= 11 is 7.53. The van der Waals surface area contributed by atoms with Crippen molar-refractivity contribution < 1.29 is 4.74 Å². The Labute approximate surface area is 173 Å². The lowest BCUT2D eigenvalue weighted by Crippen LogP contribution is -2.07. The third-order valence-corrected chi connectivity index (χ3v) is 5.00. The van der Waals surface area contributed by atoms with Crippen LogP contribution in [-0.2, 0) is 0 Å². The number of ether oxygens (including phenoxy) is 1. The lowest BCUT2D eigenvalue weighted by atomic mass is 10.1. The van der Waals surface area contributed by atoms with Crippen LogP contribution in [0.4, 0.5) is 5.69 Å². The normalized spacial score (nSPS) is 10.9. The molecule has 0 aliphatic rings. The molecule has 0 saturated heterocycles. The molecule has 1 heterocycles. The molecule has 0 amide bonds. The Morgan fingerprint density at radius 1 is 1.21 bits per heavy atom. The van der Waals surface area contributed by atoms with Crippen LogP contribution < -0.4 is 4.74 Å². The molecular weight excluding hydrogens is 392 g/mol. The van der Waals surface area contributed by atoms with Crippen molar-refractivity contribution in [3.05, 3.63) is 58.1 Å². The standard InChI is InChI=1S/C21H19ClN4OS/c1-13-5-7-15(8-6-13)20-16(11-23)21(28-25-20)27-19-9-14(2)18(10-17(19)22)24-12-26(3)4/h5-10,12H,1-4H3. The fraction of sp³-hybridized carbons (Fsp3) is 0.190. The molecule has 5 nitrogen and oxygen atoms in total. The Hall–Kier alpha value is -2.88. The first-order valence-corrected chi connectivity index (χ1v) is 9.69. The van der Waals surface area contributed by atoms with Gasteiger partial charge in [-0.05, 0) is 31.5 Å². The molecule has 0 unspecified atom stereocenters. The van der Waals surface area contributed by atoms with Crippen molar-refractivity contribution >= 4 is 35.2 Å². The zero-order valence-corrected chi connectivity index (χ0v) is 17.6. The second kappa shape index (κ2) is 8.42. The number of hydrogen-bond acceptors (Lipinski definition) is 5. The Balaban J connectivity index is 1.93. The Bertz CT molecular complexity index is 1070. The highest BCUT2D eigenvalue weighted by atomic mass is 35.5. The first-order chi connectivity index (χ1) is 13.4. The zero-order chi connectivity index (χ0) is 20.3. The summed E-state index contributed by atoms with van der Waals surface area (Å²) < 4.78 is 10.4. The van der Waals surface area contributed by atoms with Crippen molar-refractivity contribution in [3.63, 3.8) is 0 Å². The van der Waals surface area contributed by atoms with Crippen LogP contribution in [0.15, 0.2) is 41.4 Å². The Morgan fingerprint density at radius 2 is 1.93 bits per heavy atom. The van der Waals surface area contributed by atoms with Gasteiger partial charge in [-0.25, -0.2) is 4.99 Å². The van der Waals surface area contributed by atoms with Crippen molar-refractivity contribution in [1.29, 1.82) is 5.26 Å². The third kappa shape index (κ3) is 4.33. The van der Waals surface area contributed by atoms with Gasteiger partial charge in [0.1, 0.15) is 23.1 Å². The summed E-state index contributed by atoms with van der Waals surface area (Å²) in [6.07, 6.45) is 1.71. The minimum atomic E-state index is 0.400. The van der Waals surface area contributed by atoms with Gasteiger partial charge in [-0.15, -0.1) is 0 Å². The molecule has 3 rings (SSSR count). The van der Waals surface area contributed by atoms with Gasteiger partial charge in [-0.1, -0.05) is 41.4 Å². The van der Waals surface area contributed by atoms with Crippen LogP contribution in [0.3, 0.4) is 0 Å². The topological polar surface area (TPSA) is 61.5 Å². The molecule has 2 aromatic carbocycles. The summed E-state index contributed by atoms with van der Waals surface area (Å²) in [6.45, 7) is 3.95. The van der Waals surface area contributed by atoms with Crippen LogP contribution in [0.1, 0.15) is 16.7 Å². The van der Waals surface area contributed by atoms with Crippen molar-refractivity contribution in [3.8, 4) is 28.1 Å². The smallest absolute Gasteiger partial charge is 0.218 e. The molecule has 0 radical (unpaired) electrons. The zero-order valence-electron chi connectivity index (χ0n) is 16.0. The van der Waals surface area contributed by atoms with Crippen molar-refractivity contribution in [2.75, 3.05) is 14.1 Å². The van der Waals surface area contributed by atoms with Crippen LogP contribution in [-0.4, -0.2) is 29.7 Å². The molecule has 7 heteroatoms. The van der Waals surface area contributed by atoms with Gasteiger partial charge in [0.05, 0.1) is 17.0 Å². The van der Waals surface area contributed by atoms with E-state index in [1.807, 2.05) is 63.2 Å². The van der Waals surface area contributed by atoms with Gasteiger partial charge >= 0.3 is 0 Å². The number of aromatic nitrogens is 1. The van der Waals surface area contributed by atoms with Crippen LogP contribution in [0.25, 0.3) is 11.3 Å². The number of rotatable bonds is 5. The first-order valence-electron chi connectivity index (χ1n) is 8.54. The lowest BCUT2D eigenvalue weighted by molar-refractivity contribution is 0.495. The number of aryl methyl sites for hydroxylation is 2. The molecule has 0 N–H and O–H groups in total. The SMILES string of the molecule is Cc1ccc(-c2nsc(Oc3cc(C)c(N=CN(C)C)cc3Cl)c2C#N)cc1. The number of nitrogens with zero attached hydrogens (tertiary/aromatic N) is 4. The molecule has 0 aliphatic heterocycles. The maximum absolute atomic E-state index is 9.65. The van der Waals surface area contributed by atoms with Gasteiger partial charge < -0.3 is 9.64 Å². The van der Waals surface area contributed by atoms with E-state index in [-0.39, 0.29) is 0 Å². The second-order valence-corrected chi connectivity index (χ2v) is 7.69. The van der Waals surface area contributed by atoms with Crippen LogP contribution in [0.2, 0.25) is 5.02 Å². The predicted molar refractivity (Wildman–Crippen MR) is 115 cm³/mol. The molecule has 0 atom stereocenters. The quantitative estimate of drug-likeness (QED) is 0.384. The molecule has 0 aliphatic carbocycles. The number of benzene rings is 2. The number of halogens is 1. The highest BCUT2D eigenvalue weighted by Crippen LogP contribution is 2.40. The molecule has 0 fully saturated rings.